The van der Waals surface area contributed by atoms with Gasteiger partial charge in [-0.2, -0.15) is 0 Å². The Labute approximate surface area is 126 Å². The van der Waals surface area contributed by atoms with Gasteiger partial charge in [-0.15, -0.1) is 5.10 Å². The number of rotatable bonds is 4. The van der Waals surface area contributed by atoms with Crippen LogP contribution in [-0.4, -0.2) is 33.5 Å². The van der Waals surface area contributed by atoms with Crippen LogP contribution in [0.3, 0.4) is 0 Å². The minimum absolute atomic E-state index is 0.158. The minimum Gasteiger partial charge on any atom is -0.508 e. The molecular formula is C16H13N3O3. The molecule has 22 heavy (non-hydrogen) atoms. The molecule has 0 atom stereocenters. The molecule has 3 rings (SSSR count). The number of aldehydes is 1. The lowest BCUT2D eigenvalue weighted by atomic mass is 10.1. The van der Waals surface area contributed by atoms with Crippen LogP contribution in [0.5, 0.6) is 11.5 Å². The molecule has 0 amide bonds. The first-order valence-electron chi connectivity index (χ1n) is 6.57. The molecule has 6 nitrogen and oxygen atoms in total. The molecule has 0 bridgehead atoms. The second kappa shape index (κ2) is 5.69. The van der Waals surface area contributed by atoms with Gasteiger partial charge in [-0.3, -0.25) is 4.79 Å². The first-order chi connectivity index (χ1) is 10.7. The number of phenols is 1. The highest BCUT2D eigenvalue weighted by Crippen LogP contribution is 2.26. The van der Waals surface area contributed by atoms with Gasteiger partial charge in [0.25, 0.3) is 0 Å². The number of hydrogen-bond donors (Lipinski definition) is 1. The molecule has 0 radical (unpaired) electrons. The Balaban J connectivity index is 2.14. The van der Waals surface area contributed by atoms with Crippen molar-refractivity contribution < 1.29 is 14.6 Å². The van der Waals surface area contributed by atoms with E-state index in [4.69, 9.17) is 4.74 Å². The van der Waals surface area contributed by atoms with Crippen molar-refractivity contribution in [2.75, 3.05) is 7.11 Å². The van der Waals surface area contributed by atoms with Gasteiger partial charge in [-0.05, 0) is 48.5 Å². The van der Waals surface area contributed by atoms with Crippen molar-refractivity contribution in [3.8, 4) is 28.4 Å². The van der Waals surface area contributed by atoms with Crippen molar-refractivity contribution in [2.24, 2.45) is 0 Å². The summed E-state index contributed by atoms with van der Waals surface area (Å²) < 4.78 is 6.70. The molecule has 2 aromatic carbocycles. The Kier molecular flexibility index (Phi) is 3.57. The molecule has 0 aliphatic rings. The van der Waals surface area contributed by atoms with Crippen molar-refractivity contribution in [1.29, 1.82) is 0 Å². The largest absolute Gasteiger partial charge is 0.508 e. The fourth-order valence-corrected chi connectivity index (χ4v) is 2.17. The third kappa shape index (κ3) is 2.42. The summed E-state index contributed by atoms with van der Waals surface area (Å²) in [6.45, 7) is 0. The van der Waals surface area contributed by atoms with Crippen LogP contribution < -0.4 is 4.74 Å². The summed E-state index contributed by atoms with van der Waals surface area (Å²) in [6, 6.07) is 13.8. The van der Waals surface area contributed by atoms with Gasteiger partial charge in [0, 0.05) is 5.56 Å². The van der Waals surface area contributed by atoms with Gasteiger partial charge in [0.2, 0.25) is 0 Å². The number of phenolic OH excluding ortho intramolecular Hbond substituents is 1. The Morgan fingerprint density at radius 1 is 1.09 bits per heavy atom. The average molecular weight is 295 g/mol. The molecule has 1 N–H and O–H groups in total. The van der Waals surface area contributed by atoms with E-state index in [1.165, 1.54) is 0 Å². The molecule has 1 aromatic heterocycles. The highest BCUT2D eigenvalue weighted by Gasteiger charge is 2.16. The van der Waals surface area contributed by atoms with Gasteiger partial charge in [-0.1, -0.05) is 5.21 Å². The van der Waals surface area contributed by atoms with Crippen LogP contribution in [0.4, 0.5) is 0 Å². The summed E-state index contributed by atoms with van der Waals surface area (Å²) in [6.07, 6.45) is 0.670. The molecule has 1 heterocycles. The standard InChI is InChI=1S/C16H13N3O3/c1-22-14-8-2-11(3-9-14)16-15(10-20)17-18-19(16)12-4-6-13(21)7-5-12/h2-10,21H,1H3. The molecule has 0 saturated carbocycles. The van der Waals surface area contributed by atoms with Crippen LogP contribution in [0.1, 0.15) is 10.5 Å². The van der Waals surface area contributed by atoms with Gasteiger partial charge in [0.05, 0.1) is 12.8 Å². The molecule has 0 aliphatic heterocycles. The van der Waals surface area contributed by atoms with E-state index >= 15 is 0 Å². The van der Waals surface area contributed by atoms with Crippen LogP contribution in [0, 0.1) is 0 Å². The highest BCUT2D eigenvalue weighted by molar-refractivity contribution is 5.84. The summed E-state index contributed by atoms with van der Waals surface area (Å²) in [7, 11) is 1.59. The molecule has 0 fully saturated rings. The van der Waals surface area contributed by atoms with E-state index in [1.807, 2.05) is 12.1 Å². The number of carbonyl (C=O) groups excluding carboxylic acids is 1. The van der Waals surface area contributed by atoms with Crippen molar-refractivity contribution >= 4 is 6.29 Å². The number of nitrogens with zero attached hydrogens (tertiary/aromatic N) is 3. The first kappa shape index (κ1) is 13.8. The normalized spacial score (nSPS) is 10.4. The molecule has 3 aromatic rings. The molecular weight excluding hydrogens is 282 g/mol. The van der Waals surface area contributed by atoms with Crippen LogP contribution in [-0.2, 0) is 0 Å². The van der Waals surface area contributed by atoms with Crippen molar-refractivity contribution in [1.82, 2.24) is 15.0 Å². The van der Waals surface area contributed by atoms with E-state index in [0.29, 0.717) is 17.7 Å². The van der Waals surface area contributed by atoms with E-state index in [-0.39, 0.29) is 11.4 Å². The van der Waals surface area contributed by atoms with E-state index in [0.717, 1.165) is 11.3 Å². The topological polar surface area (TPSA) is 77.2 Å². The van der Waals surface area contributed by atoms with Gasteiger partial charge in [0.1, 0.15) is 17.2 Å². The monoisotopic (exact) mass is 295 g/mol. The maximum absolute atomic E-state index is 11.2. The molecule has 0 aliphatic carbocycles. The zero-order chi connectivity index (χ0) is 15.5. The van der Waals surface area contributed by atoms with Crippen molar-refractivity contribution in [3.63, 3.8) is 0 Å². The predicted molar refractivity (Wildman–Crippen MR) is 80.4 cm³/mol. The number of aromatic hydroxyl groups is 1. The van der Waals surface area contributed by atoms with Gasteiger partial charge in [-0.25, -0.2) is 4.68 Å². The van der Waals surface area contributed by atoms with Gasteiger partial charge in [0.15, 0.2) is 12.0 Å². The lowest BCUT2D eigenvalue weighted by Crippen LogP contribution is -2.00. The molecule has 110 valence electrons. The summed E-state index contributed by atoms with van der Waals surface area (Å²) >= 11 is 0. The number of aromatic nitrogens is 3. The van der Waals surface area contributed by atoms with Crippen LogP contribution in [0.2, 0.25) is 0 Å². The Hall–Kier alpha value is -3.15. The number of ether oxygens (including phenoxy) is 1. The maximum atomic E-state index is 11.2. The fourth-order valence-electron chi connectivity index (χ4n) is 2.17. The predicted octanol–water partition coefficient (Wildman–Crippen LogP) is 2.46. The summed E-state index contributed by atoms with van der Waals surface area (Å²) in [5.41, 5.74) is 2.33. The summed E-state index contributed by atoms with van der Waals surface area (Å²) in [5.74, 6) is 0.880. The Morgan fingerprint density at radius 3 is 2.36 bits per heavy atom. The summed E-state index contributed by atoms with van der Waals surface area (Å²) in [5, 5.41) is 17.3. The lowest BCUT2D eigenvalue weighted by molar-refractivity contribution is 0.111. The second-order valence-electron chi connectivity index (χ2n) is 4.60. The van der Waals surface area contributed by atoms with Crippen LogP contribution in [0.25, 0.3) is 16.9 Å². The Morgan fingerprint density at radius 2 is 1.77 bits per heavy atom. The van der Waals surface area contributed by atoms with E-state index in [1.54, 1.807) is 48.2 Å². The Bertz CT molecular complexity index is 793. The van der Waals surface area contributed by atoms with Crippen molar-refractivity contribution in [3.05, 3.63) is 54.2 Å². The molecule has 0 spiro atoms. The van der Waals surface area contributed by atoms with Gasteiger partial charge >= 0.3 is 0 Å². The SMILES string of the molecule is COc1ccc(-c2c(C=O)nnn2-c2ccc(O)cc2)cc1. The third-order valence-corrected chi connectivity index (χ3v) is 3.27. The fraction of sp³-hybridized carbons (Fsp3) is 0.0625. The van der Waals surface area contributed by atoms with E-state index < -0.39 is 0 Å². The number of carbonyl (C=O) groups is 1. The van der Waals surface area contributed by atoms with Crippen LogP contribution >= 0.6 is 0 Å². The van der Waals surface area contributed by atoms with E-state index in [2.05, 4.69) is 10.3 Å². The zero-order valence-electron chi connectivity index (χ0n) is 11.8. The smallest absolute Gasteiger partial charge is 0.172 e. The van der Waals surface area contributed by atoms with Crippen molar-refractivity contribution in [2.45, 2.75) is 0 Å². The third-order valence-electron chi connectivity index (χ3n) is 3.27. The second-order valence-corrected chi connectivity index (χ2v) is 4.60. The maximum Gasteiger partial charge on any atom is 0.172 e. The molecule has 6 heteroatoms. The molecule has 0 unspecified atom stereocenters. The van der Waals surface area contributed by atoms with Gasteiger partial charge < -0.3 is 9.84 Å². The number of benzene rings is 2. The minimum atomic E-state index is 0.158. The number of methoxy groups -OCH3 is 1. The quantitative estimate of drug-likeness (QED) is 0.748. The number of hydrogen-bond acceptors (Lipinski definition) is 5. The van der Waals surface area contributed by atoms with Crippen LogP contribution in [0.15, 0.2) is 48.5 Å². The highest BCUT2D eigenvalue weighted by atomic mass is 16.5. The van der Waals surface area contributed by atoms with E-state index in [9.17, 15) is 9.90 Å². The summed E-state index contributed by atoms with van der Waals surface area (Å²) in [4.78, 5) is 11.2. The average Bonchev–Trinajstić information content (AvgIpc) is 2.99. The zero-order valence-corrected chi connectivity index (χ0v) is 11.8. The lowest BCUT2D eigenvalue weighted by Gasteiger charge is -2.08. The molecule has 0 saturated heterocycles. The first-order valence-corrected chi connectivity index (χ1v) is 6.57.